The van der Waals surface area contributed by atoms with Gasteiger partial charge in [0.1, 0.15) is 5.82 Å². The molecule has 1 aliphatic heterocycles. The average Bonchev–Trinajstić information content (AvgIpc) is 3.16. The first-order valence-electron chi connectivity index (χ1n) is 9.01. The Morgan fingerprint density at radius 3 is 2.62 bits per heavy atom. The summed E-state index contributed by atoms with van der Waals surface area (Å²) in [5.74, 6) is 1.56. The van der Waals surface area contributed by atoms with Crippen LogP contribution in [-0.4, -0.2) is 30.6 Å². The van der Waals surface area contributed by atoms with Crippen LogP contribution in [0.15, 0.2) is 47.5 Å². The second-order valence-corrected chi connectivity index (χ2v) is 6.49. The van der Waals surface area contributed by atoms with E-state index in [1.54, 1.807) is 0 Å². The summed E-state index contributed by atoms with van der Waals surface area (Å²) in [5.41, 5.74) is 9.50. The van der Waals surface area contributed by atoms with Crippen LogP contribution < -0.4 is 16.0 Å². The lowest BCUT2D eigenvalue weighted by Crippen LogP contribution is -2.33. The van der Waals surface area contributed by atoms with Gasteiger partial charge in [-0.25, -0.2) is 9.98 Å². The first-order valence-corrected chi connectivity index (χ1v) is 9.01. The van der Waals surface area contributed by atoms with Gasteiger partial charge in [0.15, 0.2) is 5.96 Å². The minimum Gasteiger partial charge on any atom is -0.370 e. The summed E-state index contributed by atoms with van der Waals surface area (Å²) in [4.78, 5) is 11.6. The monoisotopic (exact) mass is 465 g/mol. The van der Waals surface area contributed by atoms with Crippen molar-refractivity contribution in [3.05, 3.63) is 59.3 Å². The standard InChI is InChI=1S/C20H27N5.HI/c1-16-9-10-18(19(24-16)25-13-5-6-14-25)15-23-20(21)22-12-11-17-7-3-2-4-8-17;/h2-4,7-10H,5-6,11-15H2,1H3,(H3,21,22,23);1H. The number of hydrogen-bond donors (Lipinski definition) is 2. The highest BCUT2D eigenvalue weighted by Crippen LogP contribution is 2.23. The number of anilines is 1. The molecule has 0 unspecified atom stereocenters. The summed E-state index contributed by atoms with van der Waals surface area (Å²) in [7, 11) is 0. The van der Waals surface area contributed by atoms with Crippen LogP contribution in [0.1, 0.15) is 29.7 Å². The number of pyridine rings is 1. The average molecular weight is 465 g/mol. The summed E-state index contributed by atoms with van der Waals surface area (Å²) >= 11 is 0. The Balaban J connectivity index is 0.00000243. The molecule has 0 radical (unpaired) electrons. The molecule has 1 aromatic heterocycles. The molecule has 2 aromatic rings. The molecule has 1 saturated heterocycles. The molecule has 0 aliphatic carbocycles. The van der Waals surface area contributed by atoms with Crippen LogP contribution >= 0.6 is 24.0 Å². The molecule has 140 valence electrons. The van der Waals surface area contributed by atoms with Gasteiger partial charge in [-0.3, -0.25) is 0 Å². The number of nitrogens with zero attached hydrogens (tertiary/aromatic N) is 3. The van der Waals surface area contributed by atoms with Crippen LogP contribution in [0, 0.1) is 6.92 Å². The number of aryl methyl sites for hydroxylation is 1. The number of guanidine groups is 1. The van der Waals surface area contributed by atoms with E-state index in [-0.39, 0.29) is 24.0 Å². The van der Waals surface area contributed by atoms with Crippen LogP contribution in [0.4, 0.5) is 5.82 Å². The van der Waals surface area contributed by atoms with Gasteiger partial charge in [0.05, 0.1) is 6.54 Å². The highest BCUT2D eigenvalue weighted by Gasteiger charge is 2.17. The first-order chi connectivity index (χ1) is 12.2. The van der Waals surface area contributed by atoms with Crippen molar-refractivity contribution in [1.29, 1.82) is 0 Å². The van der Waals surface area contributed by atoms with Gasteiger partial charge in [-0.1, -0.05) is 36.4 Å². The fraction of sp³-hybridized carbons (Fsp3) is 0.400. The summed E-state index contributed by atoms with van der Waals surface area (Å²) in [6.07, 6.45) is 3.41. The maximum Gasteiger partial charge on any atom is 0.188 e. The molecular weight excluding hydrogens is 437 g/mol. The number of benzene rings is 1. The Bertz CT molecular complexity index is 711. The molecule has 0 atom stereocenters. The fourth-order valence-corrected chi connectivity index (χ4v) is 3.10. The van der Waals surface area contributed by atoms with Gasteiger partial charge in [0.25, 0.3) is 0 Å². The predicted molar refractivity (Wildman–Crippen MR) is 119 cm³/mol. The largest absolute Gasteiger partial charge is 0.370 e. The van der Waals surface area contributed by atoms with Gasteiger partial charge in [-0.15, -0.1) is 24.0 Å². The SMILES string of the molecule is Cc1ccc(CN=C(N)NCCc2ccccc2)c(N2CCCC2)n1.I. The van der Waals surface area contributed by atoms with Gasteiger partial charge in [-0.2, -0.15) is 0 Å². The van der Waals surface area contributed by atoms with Crippen LogP contribution in [0.5, 0.6) is 0 Å². The number of hydrogen-bond acceptors (Lipinski definition) is 3. The van der Waals surface area contributed by atoms with E-state index in [0.717, 1.165) is 43.1 Å². The van der Waals surface area contributed by atoms with Crippen molar-refractivity contribution in [2.75, 3.05) is 24.5 Å². The topological polar surface area (TPSA) is 66.5 Å². The molecule has 0 bridgehead atoms. The maximum absolute atomic E-state index is 6.02. The summed E-state index contributed by atoms with van der Waals surface area (Å²) in [6.45, 7) is 5.54. The zero-order valence-corrected chi connectivity index (χ0v) is 17.6. The minimum atomic E-state index is 0. The smallest absolute Gasteiger partial charge is 0.188 e. The number of nitrogens with two attached hydrogens (primary N) is 1. The Morgan fingerprint density at radius 1 is 1.15 bits per heavy atom. The maximum atomic E-state index is 6.02. The van der Waals surface area contributed by atoms with Crippen LogP contribution in [-0.2, 0) is 13.0 Å². The molecular formula is C20H28IN5. The van der Waals surface area contributed by atoms with E-state index in [1.807, 2.05) is 19.1 Å². The van der Waals surface area contributed by atoms with Gasteiger partial charge in [0.2, 0.25) is 0 Å². The van der Waals surface area contributed by atoms with E-state index in [9.17, 15) is 0 Å². The Kier molecular flexibility index (Phi) is 8.15. The van der Waals surface area contributed by atoms with E-state index in [2.05, 4.69) is 45.5 Å². The van der Waals surface area contributed by atoms with Gasteiger partial charge in [0, 0.05) is 30.9 Å². The summed E-state index contributed by atoms with van der Waals surface area (Å²) in [5, 5.41) is 3.20. The molecule has 5 nitrogen and oxygen atoms in total. The molecule has 3 rings (SSSR count). The molecule has 3 N–H and O–H groups in total. The van der Waals surface area contributed by atoms with Crippen molar-refractivity contribution < 1.29 is 0 Å². The van der Waals surface area contributed by atoms with E-state index in [4.69, 9.17) is 10.7 Å². The molecule has 0 saturated carbocycles. The van der Waals surface area contributed by atoms with E-state index >= 15 is 0 Å². The third kappa shape index (κ3) is 5.86. The Hall–Kier alpha value is -1.83. The second kappa shape index (κ2) is 10.4. The predicted octanol–water partition coefficient (Wildman–Crippen LogP) is 3.26. The molecule has 0 spiro atoms. The number of halogens is 1. The molecule has 1 fully saturated rings. The first kappa shape index (κ1) is 20.5. The molecule has 1 aromatic carbocycles. The molecule has 0 amide bonds. The zero-order chi connectivity index (χ0) is 17.5. The molecule has 2 heterocycles. The van der Waals surface area contributed by atoms with Crippen LogP contribution in [0.3, 0.4) is 0 Å². The van der Waals surface area contributed by atoms with E-state index < -0.39 is 0 Å². The van der Waals surface area contributed by atoms with Gasteiger partial charge < -0.3 is 16.0 Å². The number of rotatable bonds is 6. The fourth-order valence-electron chi connectivity index (χ4n) is 3.10. The van der Waals surface area contributed by atoms with Gasteiger partial charge >= 0.3 is 0 Å². The highest BCUT2D eigenvalue weighted by molar-refractivity contribution is 14.0. The van der Waals surface area contributed by atoms with Crippen molar-refractivity contribution in [3.63, 3.8) is 0 Å². The summed E-state index contributed by atoms with van der Waals surface area (Å²) < 4.78 is 0. The normalized spacial score (nSPS) is 14.2. The third-order valence-electron chi connectivity index (χ3n) is 4.48. The number of aliphatic imine (C=N–C) groups is 1. The third-order valence-corrected chi connectivity index (χ3v) is 4.48. The van der Waals surface area contributed by atoms with Crippen molar-refractivity contribution >= 4 is 35.8 Å². The Morgan fingerprint density at radius 2 is 1.88 bits per heavy atom. The summed E-state index contributed by atoms with van der Waals surface area (Å²) in [6, 6.07) is 14.5. The van der Waals surface area contributed by atoms with E-state index in [1.165, 1.54) is 18.4 Å². The van der Waals surface area contributed by atoms with Crippen LogP contribution in [0.2, 0.25) is 0 Å². The quantitative estimate of drug-likeness (QED) is 0.391. The minimum absolute atomic E-state index is 0. The van der Waals surface area contributed by atoms with Crippen molar-refractivity contribution in [2.45, 2.75) is 32.7 Å². The van der Waals surface area contributed by atoms with Crippen LogP contribution in [0.25, 0.3) is 0 Å². The lowest BCUT2D eigenvalue weighted by Gasteiger charge is -2.20. The van der Waals surface area contributed by atoms with Crippen molar-refractivity contribution in [3.8, 4) is 0 Å². The lowest BCUT2D eigenvalue weighted by molar-refractivity contribution is 0.844. The highest BCUT2D eigenvalue weighted by atomic mass is 127. The second-order valence-electron chi connectivity index (χ2n) is 6.49. The Labute approximate surface area is 173 Å². The lowest BCUT2D eigenvalue weighted by atomic mass is 10.1. The number of aromatic nitrogens is 1. The molecule has 26 heavy (non-hydrogen) atoms. The molecule has 1 aliphatic rings. The molecule has 6 heteroatoms. The van der Waals surface area contributed by atoms with E-state index in [0.29, 0.717) is 12.5 Å². The van der Waals surface area contributed by atoms with Gasteiger partial charge in [-0.05, 0) is 37.8 Å². The van der Waals surface area contributed by atoms with Crippen molar-refractivity contribution in [2.24, 2.45) is 10.7 Å². The zero-order valence-electron chi connectivity index (χ0n) is 15.3. The van der Waals surface area contributed by atoms with Crippen molar-refractivity contribution in [1.82, 2.24) is 10.3 Å². The number of nitrogens with one attached hydrogen (secondary N) is 1.